The molecule has 4 rings (SSSR count). The van der Waals surface area contributed by atoms with E-state index in [1.165, 1.54) is 0 Å². The molecule has 1 saturated carbocycles. The molecule has 1 aromatic carbocycles. The highest BCUT2D eigenvalue weighted by molar-refractivity contribution is 5.95. The van der Waals surface area contributed by atoms with Crippen LogP contribution in [0.2, 0.25) is 0 Å². The first-order chi connectivity index (χ1) is 12.9. The Bertz CT molecular complexity index is 887. The maximum absolute atomic E-state index is 12.9. The van der Waals surface area contributed by atoms with Crippen LogP contribution in [-0.4, -0.2) is 44.8 Å². The van der Waals surface area contributed by atoms with Crippen molar-refractivity contribution in [3.05, 3.63) is 52.8 Å². The average molecular weight is 367 g/mol. The molecule has 0 radical (unpaired) electrons. The highest BCUT2D eigenvalue weighted by atomic mass is 16.4. The number of likely N-dealkylation sites (tertiary alicyclic amines) is 1. The summed E-state index contributed by atoms with van der Waals surface area (Å²) in [5, 5.41) is 14.2. The van der Waals surface area contributed by atoms with E-state index >= 15 is 0 Å². The normalized spacial score (nSPS) is 24.2. The minimum atomic E-state index is -0.750. The molecule has 2 fully saturated rings. The van der Waals surface area contributed by atoms with Gasteiger partial charge in [-0.25, -0.2) is 0 Å². The fourth-order valence-electron chi connectivity index (χ4n) is 4.74. The molecule has 0 bridgehead atoms. The molecule has 1 aliphatic carbocycles. The molecule has 1 aliphatic heterocycles. The van der Waals surface area contributed by atoms with Gasteiger partial charge in [-0.05, 0) is 56.4 Å². The molecule has 1 N–H and O–H groups in total. The second-order valence-electron chi connectivity index (χ2n) is 8.02. The summed E-state index contributed by atoms with van der Waals surface area (Å²) in [5.74, 6) is -0.729. The Kier molecular flexibility index (Phi) is 4.29. The van der Waals surface area contributed by atoms with Crippen LogP contribution in [0.5, 0.6) is 0 Å². The Hall–Kier alpha value is -2.63. The summed E-state index contributed by atoms with van der Waals surface area (Å²) in [5.41, 5.74) is 3.07. The summed E-state index contributed by atoms with van der Waals surface area (Å²) in [6.45, 7) is 5.56. The van der Waals surface area contributed by atoms with Crippen LogP contribution in [0.3, 0.4) is 0 Å². The van der Waals surface area contributed by atoms with Crippen LogP contribution in [0.1, 0.15) is 46.6 Å². The number of carboxylic acid groups (broad SMARTS) is 1. The van der Waals surface area contributed by atoms with E-state index in [0.717, 1.165) is 29.8 Å². The van der Waals surface area contributed by atoms with Gasteiger partial charge in [-0.3, -0.25) is 14.3 Å². The van der Waals surface area contributed by atoms with Gasteiger partial charge >= 0.3 is 5.97 Å². The highest BCUT2D eigenvalue weighted by Crippen LogP contribution is 2.49. The zero-order valence-electron chi connectivity index (χ0n) is 15.8. The molecule has 0 spiro atoms. The fraction of sp³-hybridized carbons (Fsp3) is 0.476. The number of carbonyl (C=O) groups is 2. The van der Waals surface area contributed by atoms with Crippen molar-refractivity contribution in [3.63, 3.8) is 0 Å². The predicted octanol–water partition coefficient (Wildman–Crippen LogP) is 2.88. The number of carbonyl (C=O) groups excluding carboxylic acids is 1. The third-order valence-electron chi connectivity index (χ3n) is 6.22. The third-order valence-corrected chi connectivity index (χ3v) is 6.22. The Balaban J connectivity index is 1.47. The van der Waals surface area contributed by atoms with Crippen LogP contribution in [-0.2, 0) is 11.3 Å². The zero-order chi connectivity index (χ0) is 19.2. The Labute approximate surface area is 158 Å². The molecular weight excluding hydrogens is 342 g/mol. The highest BCUT2D eigenvalue weighted by Gasteiger charge is 2.55. The van der Waals surface area contributed by atoms with Crippen molar-refractivity contribution >= 4 is 11.9 Å². The van der Waals surface area contributed by atoms with Gasteiger partial charge in [-0.2, -0.15) is 5.10 Å². The molecule has 142 valence electrons. The third kappa shape index (κ3) is 3.03. The standard InChI is InChI=1S/C21H25N3O3/c1-14-10-15(2)24(22-14)11-16-5-7-17(8-6-16)19(25)23-12-18-4-3-9-21(18,13-23)20(26)27/h5-8,10,18H,3-4,9,11-13H2,1-2H3,(H,26,27)/t18-,21+/m0/s1. The van der Waals surface area contributed by atoms with Crippen molar-refractivity contribution in [1.29, 1.82) is 0 Å². The molecule has 2 aliphatic rings. The Morgan fingerprint density at radius 2 is 2.00 bits per heavy atom. The van der Waals surface area contributed by atoms with Gasteiger partial charge in [0, 0.05) is 24.3 Å². The van der Waals surface area contributed by atoms with E-state index in [0.29, 0.717) is 31.6 Å². The number of rotatable bonds is 4. The monoisotopic (exact) mass is 367 g/mol. The average Bonchev–Trinajstić information content (AvgIpc) is 3.28. The number of aryl methyl sites for hydroxylation is 2. The van der Waals surface area contributed by atoms with E-state index in [1.54, 1.807) is 4.90 Å². The van der Waals surface area contributed by atoms with Gasteiger partial charge in [0.15, 0.2) is 0 Å². The second-order valence-corrected chi connectivity index (χ2v) is 8.02. The number of nitrogens with zero attached hydrogens (tertiary/aromatic N) is 3. The maximum atomic E-state index is 12.9. The van der Waals surface area contributed by atoms with Crippen molar-refractivity contribution in [2.24, 2.45) is 11.3 Å². The predicted molar refractivity (Wildman–Crippen MR) is 101 cm³/mol. The molecule has 2 heterocycles. The van der Waals surface area contributed by atoms with E-state index in [-0.39, 0.29) is 11.8 Å². The molecule has 1 aromatic heterocycles. The second kappa shape index (κ2) is 6.51. The lowest BCUT2D eigenvalue weighted by Gasteiger charge is -2.23. The van der Waals surface area contributed by atoms with Crippen LogP contribution in [0.15, 0.2) is 30.3 Å². The van der Waals surface area contributed by atoms with Gasteiger partial charge in [-0.1, -0.05) is 18.6 Å². The van der Waals surface area contributed by atoms with Gasteiger partial charge < -0.3 is 10.0 Å². The largest absolute Gasteiger partial charge is 0.481 e. The number of benzene rings is 1. The molecule has 6 nitrogen and oxygen atoms in total. The van der Waals surface area contributed by atoms with Crippen LogP contribution in [0.4, 0.5) is 0 Å². The van der Waals surface area contributed by atoms with E-state index in [1.807, 2.05) is 48.9 Å². The van der Waals surface area contributed by atoms with Gasteiger partial charge in [-0.15, -0.1) is 0 Å². The van der Waals surface area contributed by atoms with Gasteiger partial charge in [0.25, 0.3) is 5.91 Å². The summed E-state index contributed by atoms with van der Waals surface area (Å²) in [6.07, 6.45) is 2.52. The van der Waals surface area contributed by atoms with Crippen molar-refractivity contribution < 1.29 is 14.7 Å². The van der Waals surface area contributed by atoms with Crippen molar-refractivity contribution in [3.8, 4) is 0 Å². The number of fused-ring (bicyclic) bond motifs is 1. The molecule has 6 heteroatoms. The molecule has 1 saturated heterocycles. The lowest BCUT2D eigenvalue weighted by atomic mass is 9.81. The Morgan fingerprint density at radius 1 is 1.26 bits per heavy atom. The first kappa shape index (κ1) is 17.8. The summed E-state index contributed by atoms with van der Waals surface area (Å²) in [6, 6.07) is 9.62. The number of aliphatic carboxylic acids is 1. The molecule has 2 atom stereocenters. The SMILES string of the molecule is Cc1cc(C)n(Cc2ccc(C(=O)N3C[C@@H]4CCC[C@@]4(C(=O)O)C3)cc2)n1. The van der Waals surface area contributed by atoms with Gasteiger partial charge in [0.1, 0.15) is 0 Å². The van der Waals surface area contributed by atoms with E-state index < -0.39 is 11.4 Å². The molecule has 2 aromatic rings. The first-order valence-electron chi connectivity index (χ1n) is 9.52. The van der Waals surface area contributed by atoms with Crippen LogP contribution < -0.4 is 0 Å². The van der Waals surface area contributed by atoms with Crippen LogP contribution in [0.25, 0.3) is 0 Å². The van der Waals surface area contributed by atoms with Crippen molar-refractivity contribution in [2.45, 2.75) is 39.7 Å². The zero-order valence-corrected chi connectivity index (χ0v) is 15.8. The molecule has 27 heavy (non-hydrogen) atoms. The Morgan fingerprint density at radius 3 is 2.59 bits per heavy atom. The van der Waals surface area contributed by atoms with E-state index in [9.17, 15) is 14.7 Å². The van der Waals surface area contributed by atoms with Crippen LogP contribution >= 0.6 is 0 Å². The van der Waals surface area contributed by atoms with Crippen LogP contribution in [0, 0.1) is 25.2 Å². The lowest BCUT2D eigenvalue weighted by molar-refractivity contribution is -0.149. The molecule has 0 unspecified atom stereocenters. The molecule has 1 amide bonds. The number of aromatic nitrogens is 2. The minimum Gasteiger partial charge on any atom is -0.481 e. The van der Waals surface area contributed by atoms with Gasteiger partial charge in [0.2, 0.25) is 0 Å². The quantitative estimate of drug-likeness (QED) is 0.902. The van der Waals surface area contributed by atoms with E-state index in [4.69, 9.17) is 0 Å². The summed E-state index contributed by atoms with van der Waals surface area (Å²) in [4.78, 5) is 26.4. The summed E-state index contributed by atoms with van der Waals surface area (Å²) in [7, 11) is 0. The summed E-state index contributed by atoms with van der Waals surface area (Å²) < 4.78 is 1.95. The number of amides is 1. The van der Waals surface area contributed by atoms with Crippen molar-refractivity contribution in [2.75, 3.05) is 13.1 Å². The summed E-state index contributed by atoms with van der Waals surface area (Å²) >= 11 is 0. The smallest absolute Gasteiger partial charge is 0.311 e. The number of carboxylic acids is 1. The van der Waals surface area contributed by atoms with Crippen molar-refractivity contribution in [1.82, 2.24) is 14.7 Å². The fourth-order valence-corrected chi connectivity index (χ4v) is 4.74. The topological polar surface area (TPSA) is 75.4 Å². The maximum Gasteiger partial charge on any atom is 0.311 e. The van der Waals surface area contributed by atoms with Gasteiger partial charge in [0.05, 0.1) is 17.7 Å². The number of hydrogen-bond acceptors (Lipinski definition) is 3. The number of hydrogen-bond donors (Lipinski definition) is 1. The minimum absolute atomic E-state index is 0.0670. The van der Waals surface area contributed by atoms with E-state index in [2.05, 4.69) is 5.10 Å². The lowest BCUT2D eigenvalue weighted by Crippen LogP contribution is -2.37. The first-order valence-corrected chi connectivity index (χ1v) is 9.52. The molecular formula is C21H25N3O3.